The molecule has 2 atom stereocenters. The Morgan fingerprint density at radius 3 is 2.33 bits per heavy atom. The molecule has 4 rings (SSSR count). The molecule has 0 N–H and O–H groups in total. The van der Waals surface area contributed by atoms with Crippen molar-refractivity contribution >= 4 is 68.1 Å². The number of hydrogen-bond acceptors (Lipinski definition) is 4. The van der Waals surface area contributed by atoms with Gasteiger partial charge in [-0.05, 0) is 47.5 Å². The lowest BCUT2D eigenvalue weighted by Gasteiger charge is -2.31. The zero-order valence-corrected chi connectivity index (χ0v) is 23.7. The van der Waals surface area contributed by atoms with E-state index in [0.29, 0.717) is 40.3 Å². The summed E-state index contributed by atoms with van der Waals surface area (Å²) in [5.41, 5.74) is 1.89. The lowest BCUT2D eigenvalue weighted by atomic mass is 10.1. The first-order valence-electron chi connectivity index (χ1n) is 11.2. The molecule has 0 saturated carbocycles. The van der Waals surface area contributed by atoms with E-state index in [-0.39, 0.29) is 12.4 Å². The summed E-state index contributed by atoms with van der Waals surface area (Å²) < 4.78 is 7.24. The first-order valence-corrected chi connectivity index (χ1v) is 13.6. The number of nitrogens with zero attached hydrogens (tertiary/aromatic N) is 2. The summed E-state index contributed by atoms with van der Waals surface area (Å²) in [6.45, 7) is 1.38. The Bertz CT molecular complexity index is 1220. The summed E-state index contributed by atoms with van der Waals surface area (Å²) in [4.78, 5) is 16.6. The third-order valence-corrected chi connectivity index (χ3v) is 7.65. The number of carbonyl (C=O) groups excluding carboxylic acids is 1. The van der Waals surface area contributed by atoms with Crippen LogP contribution >= 0.6 is 62.3 Å². The smallest absolute Gasteiger partial charge is 0.164 e. The number of Topliss-reactive ketones (excluding diaryl/α,β-unsaturated/α-hetero) is 1. The second-order valence-corrected chi connectivity index (χ2v) is 11.0. The summed E-state index contributed by atoms with van der Waals surface area (Å²) in [6.07, 6.45) is 3.80. The van der Waals surface area contributed by atoms with Crippen LogP contribution in [0.2, 0.25) is 15.1 Å². The third kappa shape index (κ3) is 7.18. The monoisotopic (exact) mass is 626 g/mol. The van der Waals surface area contributed by atoms with Crippen LogP contribution in [0.25, 0.3) is 0 Å². The minimum Gasteiger partial charge on any atom is -0.365 e. The minimum absolute atomic E-state index is 0.0963. The number of hydrogen-bond donors (Lipinski definition) is 0. The SMILES string of the molecule is O=C(CCN1C=CN(C(Cl)C(OCc2ccc(Cl)cc2Cl)c2ccc(Cl)cc2)C1)c1ccc(Br)cc1. The molecule has 0 aliphatic carbocycles. The van der Waals surface area contributed by atoms with Crippen molar-refractivity contribution in [3.63, 3.8) is 0 Å². The maximum Gasteiger partial charge on any atom is 0.164 e. The highest BCUT2D eigenvalue weighted by Gasteiger charge is 2.29. The van der Waals surface area contributed by atoms with Gasteiger partial charge in [0.05, 0.1) is 13.3 Å². The number of halogens is 5. The van der Waals surface area contributed by atoms with Gasteiger partial charge in [-0.15, -0.1) is 0 Å². The van der Waals surface area contributed by atoms with Crippen LogP contribution in [0.15, 0.2) is 83.6 Å². The van der Waals surface area contributed by atoms with Crippen molar-refractivity contribution in [1.82, 2.24) is 9.80 Å². The predicted molar refractivity (Wildman–Crippen MR) is 151 cm³/mol. The van der Waals surface area contributed by atoms with Crippen LogP contribution in [-0.4, -0.2) is 34.3 Å². The van der Waals surface area contributed by atoms with Gasteiger partial charge in [0.1, 0.15) is 11.6 Å². The Morgan fingerprint density at radius 1 is 0.944 bits per heavy atom. The van der Waals surface area contributed by atoms with Gasteiger partial charge >= 0.3 is 0 Å². The Labute approximate surface area is 239 Å². The van der Waals surface area contributed by atoms with E-state index in [2.05, 4.69) is 20.8 Å². The second kappa shape index (κ2) is 12.7. The van der Waals surface area contributed by atoms with Gasteiger partial charge in [-0.2, -0.15) is 0 Å². The lowest BCUT2D eigenvalue weighted by Crippen LogP contribution is -2.36. The van der Waals surface area contributed by atoms with Gasteiger partial charge in [0.15, 0.2) is 5.78 Å². The molecule has 1 aliphatic rings. The third-order valence-electron chi connectivity index (χ3n) is 5.80. The zero-order valence-electron chi connectivity index (χ0n) is 19.1. The van der Waals surface area contributed by atoms with Crippen molar-refractivity contribution in [2.75, 3.05) is 13.2 Å². The number of rotatable bonds is 10. The molecule has 0 saturated heterocycles. The summed E-state index contributed by atoms with van der Waals surface area (Å²) in [5, 5.41) is 1.73. The summed E-state index contributed by atoms with van der Waals surface area (Å²) >= 11 is 28.8. The molecule has 4 nitrogen and oxygen atoms in total. The maximum absolute atomic E-state index is 12.6. The maximum atomic E-state index is 12.6. The van der Waals surface area contributed by atoms with Gasteiger partial charge in [0, 0.05) is 50.5 Å². The molecule has 36 heavy (non-hydrogen) atoms. The Hall–Kier alpha value is -1.73. The van der Waals surface area contributed by atoms with E-state index in [9.17, 15) is 4.79 Å². The van der Waals surface area contributed by atoms with Crippen LogP contribution in [0, 0.1) is 0 Å². The average molecular weight is 629 g/mol. The van der Waals surface area contributed by atoms with Gasteiger partial charge in [0.2, 0.25) is 0 Å². The normalized spacial score (nSPS) is 14.8. The van der Waals surface area contributed by atoms with Crippen LogP contribution in [0.3, 0.4) is 0 Å². The van der Waals surface area contributed by atoms with Crippen molar-refractivity contribution in [2.24, 2.45) is 0 Å². The molecular weight excluding hydrogens is 606 g/mol. The fourth-order valence-corrected chi connectivity index (χ4v) is 4.99. The molecule has 1 aliphatic heterocycles. The molecule has 3 aromatic carbocycles. The van der Waals surface area contributed by atoms with E-state index in [1.54, 1.807) is 12.1 Å². The van der Waals surface area contributed by atoms with E-state index in [1.165, 1.54) is 0 Å². The van der Waals surface area contributed by atoms with E-state index < -0.39 is 11.6 Å². The van der Waals surface area contributed by atoms with Crippen molar-refractivity contribution < 1.29 is 9.53 Å². The molecule has 2 unspecified atom stereocenters. The number of benzene rings is 3. The molecule has 0 bridgehead atoms. The van der Waals surface area contributed by atoms with Gasteiger partial charge in [-0.25, -0.2) is 0 Å². The quantitative estimate of drug-likeness (QED) is 0.128. The van der Waals surface area contributed by atoms with Gasteiger partial charge in [0.25, 0.3) is 0 Å². The van der Waals surface area contributed by atoms with E-state index >= 15 is 0 Å². The van der Waals surface area contributed by atoms with Crippen LogP contribution in [0.5, 0.6) is 0 Å². The molecule has 9 heteroatoms. The zero-order chi connectivity index (χ0) is 25.7. The van der Waals surface area contributed by atoms with Crippen molar-refractivity contribution in [3.8, 4) is 0 Å². The minimum atomic E-state index is -0.513. The standard InChI is InChI=1S/C27H23BrCl4N2O2/c28-21-6-1-18(2-7-21)25(35)11-12-33-13-14-34(17-33)27(32)26(19-3-8-22(29)9-4-19)36-16-20-5-10-23(30)15-24(20)31/h1-10,13-15,26-27H,11-12,16-17H2. The van der Waals surface area contributed by atoms with Crippen molar-refractivity contribution in [3.05, 3.63) is 115 Å². The molecule has 3 aromatic rings. The van der Waals surface area contributed by atoms with Crippen LogP contribution in [0.4, 0.5) is 0 Å². The van der Waals surface area contributed by atoms with Gasteiger partial charge in [-0.1, -0.05) is 92.7 Å². The summed E-state index contributed by atoms with van der Waals surface area (Å²) in [5.74, 6) is 0.0963. The fraction of sp³-hybridized carbons (Fsp3) is 0.222. The topological polar surface area (TPSA) is 32.8 Å². The van der Waals surface area contributed by atoms with Gasteiger partial charge < -0.3 is 14.5 Å². The number of ether oxygens (including phenoxy) is 1. The Balaban J connectivity index is 1.40. The molecule has 0 aromatic heterocycles. The molecular formula is C27H23BrCl4N2O2. The summed E-state index contributed by atoms with van der Waals surface area (Å²) in [6, 6.07) is 20.1. The van der Waals surface area contributed by atoms with Crippen LogP contribution < -0.4 is 0 Å². The van der Waals surface area contributed by atoms with Crippen molar-refractivity contribution in [2.45, 2.75) is 24.6 Å². The van der Waals surface area contributed by atoms with E-state index in [4.69, 9.17) is 51.1 Å². The molecule has 0 radical (unpaired) electrons. The van der Waals surface area contributed by atoms with Crippen LogP contribution in [0.1, 0.15) is 34.0 Å². The van der Waals surface area contributed by atoms with Crippen molar-refractivity contribution in [1.29, 1.82) is 0 Å². The first kappa shape index (κ1) is 27.3. The highest BCUT2D eigenvalue weighted by Crippen LogP contribution is 2.33. The van der Waals surface area contributed by atoms with E-state index in [1.807, 2.05) is 71.9 Å². The molecule has 0 fully saturated rings. The lowest BCUT2D eigenvalue weighted by molar-refractivity contribution is 0.00683. The highest BCUT2D eigenvalue weighted by molar-refractivity contribution is 9.10. The van der Waals surface area contributed by atoms with E-state index in [0.717, 1.165) is 15.6 Å². The Kier molecular flexibility index (Phi) is 9.62. The Morgan fingerprint density at radius 2 is 1.64 bits per heavy atom. The highest BCUT2D eigenvalue weighted by atomic mass is 79.9. The van der Waals surface area contributed by atoms with Crippen LogP contribution in [-0.2, 0) is 11.3 Å². The van der Waals surface area contributed by atoms with Gasteiger partial charge in [-0.3, -0.25) is 4.79 Å². The molecule has 0 amide bonds. The largest absolute Gasteiger partial charge is 0.365 e. The fourth-order valence-electron chi connectivity index (χ4n) is 3.79. The number of carbonyl (C=O) groups is 1. The molecule has 0 spiro atoms. The molecule has 1 heterocycles. The first-order chi connectivity index (χ1) is 17.3. The predicted octanol–water partition coefficient (Wildman–Crippen LogP) is 8.55. The second-order valence-electron chi connectivity index (χ2n) is 8.34. The summed E-state index contributed by atoms with van der Waals surface area (Å²) in [7, 11) is 0. The number of alkyl halides is 1. The molecule has 188 valence electrons. The average Bonchev–Trinajstić information content (AvgIpc) is 3.34. The number of ketones is 1.